The van der Waals surface area contributed by atoms with Gasteiger partial charge in [-0.15, -0.1) is 0 Å². The lowest BCUT2D eigenvalue weighted by Gasteiger charge is -2.37. The summed E-state index contributed by atoms with van der Waals surface area (Å²) in [5, 5.41) is 0.633. The van der Waals surface area contributed by atoms with Crippen LogP contribution < -0.4 is 4.90 Å². The van der Waals surface area contributed by atoms with Crippen molar-refractivity contribution in [2.45, 2.75) is 6.42 Å². The molecular weight excluding hydrogens is 321 g/mol. The molecule has 3 fully saturated rings. The minimum atomic E-state index is -0.207. The second-order valence-electron chi connectivity index (χ2n) is 6.74. The quantitative estimate of drug-likeness (QED) is 0.582. The fourth-order valence-corrected chi connectivity index (χ4v) is 5.24. The van der Waals surface area contributed by atoms with Crippen LogP contribution in [0.15, 0.2) is 30.4 Å². The molecule has 0 spiro atoms. The molecule has 1 aromatic rings. The Morgan fingerprint density at radius 1 is 0.955 bits per heavy atom. The maximum absolute atomic E-state index is 12.9. The number of benzene rings is 1. The molecule has 2 amide bonds. The normalized spacial score (nSPS) is 40.9. The fourth-order valence-electron chi connectivity index (χ4n) is 4.86. The Balaban J connectivity index is 1.62. The summed E-state index contributed by atoms with van der Waals surface area (Å²) in [5.41, 5.74) is 0.423. The molecule has 5 aliphatic rings. The van der Waals surface area contributed by atoms with E-state index in [0.29, 0.717) is 22.5 Å². The third-order valence-electron chi connectivity index (χ3n) is 5.83. The van der Waals surface area contributed by atoms with Crippen LogP contribution in [0, 0.1) is 35.5 Å². The van der Waals surface area contributed by atoms with Gasteiger partial charge in [0.1, 0.15) is 0 Å². The maximum atomic E-state index is 12.9. The average Bonchev–Trinajstić information content (AvgIpc) is 3.28. The van der Waals surface area contributed by atoms with Gasteiger partial charge in [0.05, 0.1) is 27.6 Å². The first-order valence-corrected chi connectivity index (χ1v) is 8.35. The topological polar surface area (TPSA) is 37.4 Å². The van der Waals surface area contributed by atoms with Crippen molar-refractivity contribution < 1.29 is 9.59 Å². The van der Waals surface area contributed by atoms with Gasteiger partial charge in [-0.05, 0) is 42.2 Å². The summed E-state index contributed by atoms with van der Waals surface area (Å²) >= 11 is 12.3. The molecule has 112 valence electrons. The van der Waals surface area contributed by atoms with Crippen LogP contribution in [-0.2, 0) is 9.59 Å². The molecule has 6 rings (SSSR count). The standard InChI is InChI=1S/C17H13Cl2NO2/c18-11-2-1-3-12(15(11)19)20-16(21)13-7-4-5-8(10-6-9(7)10)14(13)17(20)22/h1-5,7-10,13-14H,6H2/t7-,8-,9-,10-,13+,14+/m0/s1. The van der Waals surface area contributed by atoms with Crippen LogP contribution in [0.1, 0.15) is 6.42 Å². The molecule has 22 heavy (non-hydrogen) atoms. The van der Waals surface area contributed by atoms with Crippen LogP contribution in [0.25, 0.3) is 0 Å². The second kappa shape index (κ2) is 4.15. The monoisotopic (exact) mass is 333 g/mol. The number of hydrogen-bond donors (Lipinski definition) is 0. The highest BCUT2D eigenvalue weighted by molar-refractivity contribution is 6.44. The van der Waals surface area contributed by atoms with E-state index in [-0.39, 0.29) is 40.5 Å². The summed E-state index contributed by atoms with van der Waals surface area (Å²) in [4.78, 5) is 27.2. The average molecular weight is 334 g/mol. The van der Waals surface area contributed by atoms with Gasteiger partial charge in [-0.3, -0.25) is 9.59 Å². The molecule has 2 saturated carbocycles. The van der Waals surface area contributed by atoms with Crippen LogP contribution in [0.5, 0.6) is 0 Å². The number of amides is 2. The summed E-state index contributed by atoms with van der Waals surface area (Å²) in [5.74, 6) is 1.01. The largest absolute Gasteiger partial charge is 0.274 e. The molecule has 1 saturated heterocycles. The highest BCUT2D eigenvalue weighted by Gasteiger charge is 2.67. The Morgan fingerprint density at radius 3 is 2.14 bits per heavy atom. The van der Waals surface area contributed by atoms with E-state index in [1.165, 1.54) is 4.90 Å². The lowest BCUT2D eigenvalue weighted by atomic mass is 9.63. The summed E-state index contributed by atoms with van der Waals surface area (Å²) in [6.07, 6.45) is 5.48. The molecule has 0 unspecified atom stereocenters. The van der Waals surface area contributed by atoms with Crippen molar-refractivity contribution in [2.75, 3.05) is 4.90 Å². The molecule has 0 aromatic heterocycles. The lowest BCUT2D eigenvalue weighted by Crippen LogP contribution is -2.40. The Hall–Kier alpha value is -1.32. The van der Waals surface area contributed by atoms with Crippen LogP contribution in [0.2, 0.25) is 10.0 Å². The summed E-state index contributed by atoms with van der Waals surface area (Å²) in [6.45, 7) is 0. The first kappa shape index (κ1) is 13.1. The van der Waals surface area contributed by atoms with Gasteiger partial charge in [0, 0.05) is 0 Å². The van der Waals surface area contributed by atoms with Gasteiger partial charge in [-0.1, -0.05) is 41.4 Å². The molecule has 0 radical (unpaired) electrons. The number of hydrogen-bond acceptors (Lipinski definition) is 2. The first-order chi connectivity index (χ1) is 10.6. The minimum absolute atomic E-state index is 0.108. The van der Waals surface area contributed by atoms with Gasteiger partial charge < -0.3 is 0 Å². The third kappa shape index (κ3) is 1.44. The van der Waals surface area contributed by atoms with Crippen molar-refractivity contribution in [1.29, 1.82) is 0 Å². The molecule has 1 aromatic carbocycles. The van der Waals surface area contributed by atoms with E-state index < -0.39 is 0 Å². The smallest absolute Gasteiger partial charge is 0.238 e. The molecular formula is C17H13Cl2NO2. The Bertz CT molecular complexity index is 723. The summed E-state index contributed by atoms with van der Waals surface area (Å²) < 4.78 is 0. The van der Waals surface area contributed by atoms with E-state index in [0.717, 1.165) is 6.42 Å². The molecule has 0 N–H and O–H groups in total. The van der Waals surface area contributed by atoms with E-state index in [1.807, 2.05) is 0 Å². The van der Waals surface area contributed by atoms with Gasteiger partial charge >= 0.3 is 0 Å². The van der Waals surface area contributed by atoms with Gasteiger partial charge in [0.25, 0.3) is 0 Å². The van der Waals surface area contributed by atoms with E-state index in [2.05, 4.69) is 12.2 Å². The van der Waals surface area contributed by atoms with Crippen molar-refractivity contribution in [3.05, 3.63) is 40.4 Å². The number of anilines is 1. The number of imide groups is 1. The predicted octanol–water partition coefficient (Wildman–Crippen LogP) is 3.55. The maximum Gasteiger partial charge on any atom is 0.238 e. The van der Waals surface area contributed by atoms with Crippen LogP contribution in [0.3, 0.4) is 0 Å². The number of nitrogens with zero attached hydrogens (tertiary/aromatic N) is 1. The number of carbonyl (C=O) groups is 2. The zero-order chi connectivity index (χ0) is 15.2. The number of halogens is 2. The minimum Gasteiger partial charge on any atom is -0.274 e. The van der Waals surface area contributed by atoms with Crippen LogP contribution in [0.4, 0.5) is 5.69 Å². The molecule has 1 heterocycles. The van der Waals surface area contributed by atoms with E-state index in [1.54, 1.807) is 18.2 Å². The van der Waals surface area contributed by atoms with E-state index >= 15 is 0 Å². The first-order valence-electron chi connectivity index (χ1n) is 7.59. The van der Waals surface area contributed by atoms with Crippen molar-refractivity contribution in [3.8, 4) is 0 Å². The van der Waals surface area contributed by atoms with Crippen LogP contribution >= 0.6 is 23.2 Å². The van der Waals surface area contributed by atoms with E-state index in [4.69, 9.17) is 23.2 Å². The Kier molecular flexibility index (Phi) is 2.48. The van der Waals surface area contributed by atoms with Crippen molar-refractivity contribution in [1.82, 2.24) is 0 Å². The molecule has 6 atom stereocenters. The highest BCUT2D eigenvalue weighted by atomic mass is 35.5. The zero-order valence-electron chi connectivity index (χ0n) is 11.6. The highest BCUT2D eigenvalue weighted by Crippen LogP contribution is 2.65. The van der Waals surface area contributed by atoms with Crippen LogP contribution in [-0.4, -0.2) is 11.8 Å². The van der Waals surface area contributed by atoms with Crippen molar-refractivity contribution in [3.63, 3.8) is 0 Å². The number of carbonyl (C=O) groups excluding carboxylic acids is 2. The fraction of sp³-hybridized carbons (Fsp3) is 0.412. The number of allylic oxidation sites excluding steroid dienone is 2. The Morgan fingerprint density at radius 2 is 1.55 bits per heavy atom. The van der Waals surface area contributed by atoms with Gasteiger partial charge in [-0.2, -0.15) is 0 Å². The van der Waals surface area contributed by atoms with Crippen molar-refractivity contribution in [2.24, 2.45) is 35.5 Å². The SMILES string of the molecule is O=C1[C@@H]2[C@H]3C=C[C@@H]([C@@H]4C[C@@H]34)[C@H]2C(=O)N1c1cccc(Cl)c1Cl. The van der Waals surface area contributed by atoms with Gasteiger partial charge in [0.2, 0.25) is 11.8 Å². The number of rotatable bonds is 1. The Labute approximate surface area is 137 Å². The summed E-state index contributed by atoms with van der Waals surface area (Å²) in [6, 6.07) is 5.07. The molecule has 2 bridgehead atoms. The summed E-state index contributed by atoms with van der Waals surface area (Å²) in [7, 11) is 0. The lowest BCUT2D eigenvalue weighted by molar-refractivity contribution is -0.124. The molecule has 5 heteroatoms. The van der Waals surface area contributed by atoms with Gasteiger partial charge in [-0.25, -0.2) is 4.90 Å². The van der Waals surface area contributed by atoms with E-state index in [9.17, 15) is 9.59 Å². The molecule has 3 nitrogen and oxygen atoms in total. The van der Waals surface area contributed by atoms with Gasteiger partial charge in [0.15, 0.2) is 0 Å². The third-order valence-corrected chi connectivity index (χ3v) is 6.64. The zero-order valence-corrected chi connectivity index (χ0v) is 13.1. The predicted molar refractivity (Wildman–Crippen MR) is 83.7 cm³/mol. The van der Waals surface area contributed by atoms with Crippen molar-refractivity contribution >= 4 is 40.7 Å². The molecule has 4 aliphatic carbocycles. The second-order valence-corrected chi connectivity index (χ2v) is 7.52. The molecule has 1 aliphatic heterocycles.